The lowest BCUT2D eigenvalue weighted by Crippen LogP contribution is -2.45. The van der Waals surface area contributed by atoms with Gasteiger partial charge in [-0.05, 0) is 18.1 Å². The van der Waals surface area contributed by atoms with Crippen LogP contribution >= 0.6 is 0 Å². The molecule has 1 amide bonds. The lowest BCUT2D eigenvalue weighted by atomic mass is 10.0. The van der Waals surface area contributed by atoms with Gasteiger partial charge in [0.25, 0.3) is 0 Å². The molecule has 0 fully saturated rings. The third-order valence-corrected chi connectivity index (χ3v) is 3.40. The Labute approximate surface area is 122 Å². The summed E-state index contributed by atoms with van der Waals surface area (Å²) in [5.74, 6) is -0.754. The largest absolute Gasteiger partial charge is 0.468 e. The standard InChI is InChI=1S/C15H19N3O3/c1-18(9-14(19)21-2)15(20)12(16)7-10-8-17-13-6-4-3-5-11(10)13/h3-6,8,12,17H,7,9,16H2,1-2H3. The molecule has 0 spiro atoms. The number of methoxy groups -OCH3 is 1. The molecule has 6 heteroatoms. The van der Waals surface area contributed by atoms with E-state index < -0.39 is 12.0 Å². The van der Waals surface area contributed by atoms with Gasteiger partial charge in [-0.25, -0.2) is 0 Å². The van der Waals surface area contributed by atoms with E-state index in [1.807, 2.05) is 30.5 Å². The number of benzene rings is 1. The SMILES string of the molecule is COC(=O)CN(C)C(=O)C(N)Cc1c[nH]c2ccccc12. The molecule has 0 aliphatic heterocycles. The van der Waals surface area contributed by atoms with Crippen molar-refractivity contribution >= 4 is 22.8 Å². The Hall–Kier alpha value is -2.34. The van der Waals surface area contributed by atoms with Crippen LogP contribution in [0.1, 0.15) is 5.56 Å². The maximum Gasteiger partial charge on any atom is 0.325 e. The van der Waals surface area contributed by atoms with Crippen LogP contribution in [0.5, 0.6) is 0 Å². The Morgan fingerprint density at radius 2 is 2.10 bits per heavy atom. The smallest absolute Gasteiger partial charge is 0.325 e. The van der Waals surface area contributed by atoms with Crippen LogP contribution in [0.3, 0.4) is 0 Å². The molecule has 21 heavy (non-hydrogen) atoms. The predicted octanol–water partition coefficient (Wildman–Crippen LogP) is 0.669. The first-order valence-electron chi connectivity index (χ1n) is 6.65. The normalized spacial score (nSPS) is 12.1. The number of ether oxygens (including phenoxy) is 1. The summed E-state index contributed by atoms with van der Waals surface area (Å²) in [7, 11) is 2.82. The second kappa shape index (κ2) is 6.41. The Bertz CT molecular complexity index is 650. The van der Waals surface area contributed by atoms with Gasteiger partial charge in [0.2, 0.25) is 5.91 Å². The van der Waals surface area contributed by atoms with Crippen LogP contribution < -0.4 is 5.73 Å². The number of nitrogens with zero attached hydrogens (tertiary/aromatic N) is 1. The lowest BCUT2D eigenvalue weighted by molar-refractivity contribution is -0.146. The summed E-state index contributed by atoms with van der Waals surface area (Å²) in [5, 5.41) is 1.05. The Morgan fingerprint density at radius 3 is 2.81 bits per heavy atom. The van der Waals surface area contributed by atoms with E-state index in [4.69, 9.17) is 5.73 Å². The molecule has 0 radical (unpaired) electrons. The second-order valence-electron chi connectivity index (χ2n) is 4.94. The van der Waals surface area contributed by atoms with Crippen molar-refractivity contribution in [2.75, 3.05) is 20.7 Å². The first-order chi connectivity index (χ1) is 10.0. The summed E-state index contributed by atoms with van der Waals surface area (Å²) >= 11 is 0. The van der Waals surface area contributed by atoms with E-state index in [2.05, 4.69) is 9.72 Å². The van der Waals surface area contributed by atoms with E-state index in [1.54, 1.807) is 0 Å². The van der Waals surface area contributed by atoms with Crippen LogP contribution in [0, 0.1) is 0 Å². The third kappa shape index (κ3) is 3.41. The number of H-pyrrole nitrogens is 1. The van der Waals surface area contributed by atoms with Gasteiger partial charge in [0.1, 0.15) is 6.54 Å². The summed E-state index contributed by atoms with van der Waals surface area (Å²) in [5.41, 5.74) is 7.95. The summed E-state index contributed by atoms with van der Waals surface area (Å²) in [4.78, 5) is 27.8. The van der Waals surface area contributed by atoms with Gasteiger partial charge in [-0.3, -0.25) is 9.59 Å². The Balaban J connectivity index is 2.05. The number of amides is 1. The zero-order valence-corrected chi connectivity index (χ0v) is 12.1. The molecule has 1 heterocycles. The lowest BCUT2D eigenvalue weighted by Gasteiger charge is -2.20. The summed E-state index contributed by atoms with van der Waals surface area (Å²) in [6.45, 7) is -0.100. The molecule has 0 saturated carbocycles. The first kappa shape index (κ1) is 15.1. The maximum absolute atomic E-state index is 12.1. The number of nitrogens with two attached hydrogens (primary N) is 1. The predicted molar refractivity (Wildman–Crippen MR) is 79.6 cm³/mol. The van der Waals surface area contributed by atoms with Gasteiger partial charge in [-0.1, -0.05) is 18.2 Å². The van der Waals surface area contributed by atoms with Gasteiger partial charge in [-0.2, -0.15) is 0 Å². The highest BCUT2D eigenvalue weighted by molar-refractivity contribution is 5.87. The molecule has 0 saturated heterocycles. The molecule has 1 aromatic carbocycles. The van der Waals surface area contributed by atoms with Crippen molar-refractivity contribution in [3.05, 3.63) is 36.0 Å². The fourth-order valence-corrected chi connectivity index (χ4v) is 2.24. The number of aromatic nitrogens is 1. The van der Waals surface area contributed by atoms with Gasteiger partial charge in [-0.15, -0.1) is 0 Å². The van der Waals surface area contributed by atoms with Crippen molar-refractivity contribution in [3.63, 3.8) is 0 Å². The fraction of sp³-hybridized carbons (Fsp3) is 0.333. The molecule has 0 aliphatic rings. The highest BCUT2D eigenvalue weighted by atomic mass is 16.5. The number of carbonyl (C=O) groups excluding carboxylic acids is 2. The van der Waals surface area contributed by atoms with Crippen molar-refractivity contribution in [2.24, 2.45) is 5.73 Å². The Kier molecular flexibility index (Phi) is 4.59. The van der Waals surface area contributed by atoms with Gasteiger partial charge < -0.3 is 20.4 Å². The highest BCUT2D eigenvalue weighted by Crippen LogP contribution is 2.19. The molecule has 3 N–H and O–H groups in total. The number of rotatable bonds is 5. The van der Waals surface area contributed by atoms with Gasteiger partial charge in [0.15, 0.2) is 0 Å². The van der Waals surface area contributed by atoms with Crippen LogP contribution in [-0.4, -0.2) is 48.5 Å². The van der Waals surface area contributed by atoms with E-state index in [0.717, 1.165) is 16.5 Å². The molecule has 0 aliphatic carbocycles. The Morgan fingerprint density at radius 1 is 1.38 bits per heavy atom. The molecule has 0 bridgehead atoms. The van der Waals surface area contributed by atoms with Crippen molar-refractivity contribution in [1.29, 1.82) is 0 Å². The number of aromatic amines is 1. The van der Waals surface area contributed by atoms with Crippen molar-refractivity contribution in [1.82, 2.24) is 9.88 Å². The van der Waals surface area contributed by atoms with Crippen molar-refractivity contribution in [2.45, 2.75) is 12.5 Å². The first-order valence-corrected chi connectivity index (χ1v) is 6.65. The van der Waals surface area contributed by atoms with Gasteiger partial charge >= 0.3 is 5.97 Å². The molecule has 1 aromatic heterocycles. The van der Waals surface area contributed by atoms with E-state index in [1.165, 1.54) is 19.1 Å². The molecule has 2 rings (SSSR count). The van der Waals surface area contributed by atoms with E-state index >= 15 is 0 Å². The fourth-order valence-electron chi connectivity index (χ4n) is 2.24. The third-order valence-electron chi connectivity index (χ3n) is 3.40. The molecule has 2 aromatic rings. The zero-order valence-electron chi connectivity index (χ0n) is 12.1. The molecular formula is C15H19N3O3. The number of hydrogen-bond acceptors (Lipinski definition) is 4. The number of para-hydroxylation sites is 1. The summed E-state index contributed by atoms with van der Waals surface area (Å²) < 4.78 is 4.54. The second-order valence-corrected chi connectivity index (χ2v) is 4.94. The minimum absolute atomic E-state index is 0.100. The summed E-state index contributed by atoms with van der Waals surface area (Å²) in [6.07, 6.45) is 2.27. The van der Waals surface area contributed by atoms with E-state index in [9.17, 15) is 9.59 Å². The van der Waals surface area contributed by atoms with Gasteiger partial charge in [0.05, 0.1) is 13.2 Å². The van der Waals surface area contributed by atoms with Crippen LogP contribution in [0.4, 0.5) is 0 Å². The zero-order chi connectivity index (χ0) is 15.4. The molecule has 1 unspecified atom stereocenters. The number of hydrogen-bond donors (Lipinski definition) is 2. The number of esters is 1. The molecular weight excluding hydrogens is 270 g/mol. The average Bonchev–Trinajstić information content (AvgIpc) is 2.89. The molecule has 1 atom stereocenters. The van der Waals surface area contributed by atoms with E-state index in [0.29, 0.717) is 6.42 Å². The summed E-state index contributed by atoms with van der Waals surface area (Å²) in [6, 6.07) is 7.14. The quantitative estimate of drug-likeness (QED) is 0.792. The monoisotopic (exact) mass is 289 g/mol. The molecule has 112 valence electrons. The van der Waals surface area contributed by atoms with Gasteiger partial charge in [0, 0.05) is 24.1 Å². The van der Waals surface area contributed by atoms with Crippen LogP contribution in [0.2, 0.25) is 0 Å². The van der Waals surface area contributed by atoms with Crippen LogP contribution in [0.15, 0.2) is 30.5 Å². The van der Waals surface area contributed by atoms with Crippen LogP contribution in [0.25, 0.3) is 10.9 Å². The number of fused-ring (bicyclic) bond motifs is 1. The average molecular weight is 289 g/mol. The maximum atomic E-state index is 12.1. The molecule has 6 nitrogen and oxygen atoms in total. The van der Waals surface area contributed by atoms with E-state index in [-0.39, 0.29) is 12.5 Å². The number of likely N-dealkylation sites (N-methyl/N-ethyl adjacent to an activating group) is 1. The highest BCUT2D eigenvalue weighted by Gasteiger charge is 2.21. The van der Waals surface area contributed by atoms with Crippen molar-refractivity contribution in [3.8, 4) is 0 Å². The number of carbonyl (C=O) groups is 2. The minimum atomic E-state index is -0.695. The topological polar surface area (TPSA) is 88.4 Å². The number of nitrogens with one attached hydrogen (secondary N) is 1. The van der Waals surface area contributed by atoms with Crippen molar-refractivity contribution < 1.29 is 14.3 Å². The minimum Gasteiger partial charge on any atom is -0.468 e. The van der Waals surface area contributed by atoms with Crippen LogP contribution in [-0.2, 0) is 20.7 Å².